The number of carboxylic acids is 1. The molecule has 2 N–H and O–H groups in total. The van der Waals surface area contributed by atoms with Crippen LogP contribution in [-0.4, -0.2) is 53.5 Å². The Morgan fingerprint density at radius 3 is 2.33 bits per heavy atom. The lowest BCUT2D eigenvalue weighted by Crippen LogP contribution is -2.31. The average Bonchev–Trinajstić information content (AvgIpc) is 3.08. The molecule has 0 radical (unpaired) electrons. The minimum atomic E-state index is -0.880. The van der Waals surface area contributed by atoms with Gasteiger partial charge in [-0.25, -0.2) is 0 Å². The van der Waals surface area contributed by atoms with Gasteiger partial charge in [-0.3, -0.25) is 14.4 Å². The summed E-state index contributed by atoms with van der Waals surface area (Å²) in [5.74, 6) is -1.69. The van der Waals surface area contributed by atoms with Gasteiger partial charge in [-0.15, -0.1) is 0 Å². The molecule has 0 aromatic heterocycles. The fourth-order valence-electron chi connectivity index (χ4n) is 3.97. The predicted molar refractivity (Wildman–Crippen MR) is 121 cm³/mol. The third-order valence-electron chi connectivity index (χ3n) is 5.61. The lowest BCUT2D eigenvalue weighted by Gasteiger charge is -2.27. The summed E-state index contributed by atoms with van der Waals surface area (Å²) in [6.07, 6.45) is 1.60. The van der Waals surface area contributed by atoms with Gasteiger partial charge < -0.3 is 24.6 Å². The molecule has 1 unspecified atom stereocenters. The molecule has 1 fully saturated rings. The highest BCUT2D eigenvalue weighted by Gasteiger charge is 2.46. The van der Waals surface area contributed by atoms with Crippen LogP contribution in [0.5, 0.6) is 11.5 Å². The van der Waals surface area contributed by atoms with E-state index in [0.29, 0.717) is 41.9 Å². The number of amides is 1. The van der Waals surface area contributed by atoms with Crippen LogP contribution in [-0.2, 0) is 14.4 Å². The van der Waals surface area contributed by atoms with E-state index in [1.54, 1.807) is 48.5 Å². The highest BCUT2D eigenvalue weighted by atomic mass is 16.5. The molecular formula is C25H27NO7. The number of hydrogen-bond donors (Lipinski definition) is 2. The Labute approximate surface area is 192 Å². The quantitative estimate of drug-likeness (QED) is 0.244. The molecule has 1 aliphatic heterocycles. The van der Waals surface area contributed by atoms with Gasteiger partial charge in [0.15, 0.2) is 0 Å². The van der Waals surface area contributed by atoms with Crippen molar-refractivity contribution in [3.05, 3.63) is 65.2 Å². The Morgan fingerprint density at radius 2 is 1.70 bits per heavy atom. The van der Waals surface area contributed by atoms with Gasteiger partial charge >= 0.3 is 5.97 Å². The molecule has 0 bridgehead atoms. The molecule has 8 heteroatoms. The van der Waals surface area contributed by atoms with E-state index >= 15 is 0 Å². The molecule has 1 atom stereocenters. The largest absolute Gasteiger partial charge is 0.507 e. The van der Waals surface area contributed by atoms with E-state index in [2.05, 4.69) is 0 Å². The summed E-state index contributed by atoms with van der Waals surface area (Å²) in [6, 6.07) is 12.8. The molecule has 1 amide bonds. The number of aliphatic hydroxyl groups is 1. The van der Waals surface area contributed by atoms with Crippen LogP contribution >= 0.6 is 0 Å². The maximum atomic E-state index is 13.1. The number of hydrogen-bond acceptors (Lipinski definition) is 6. The van der Waals surface area contributed by atoms with Gasteiger partial charge in [-0.1, -0.05) is 36.8 Å². The van der Waals surface area contributed by atoms with Crippen molar-refractivity contribution < 1.29 is 34.1 Å². The summed E-state index contributed by atoms with van der Waals surface area (Å²) >= 11 is 0. The number of unbranched alkanes of at least 4 members (excludes halogenated alkanes) is 2. The molecule has 2 aromatic carbocycles. The summed E-state index contributed by atoms with van der Waals surface area (Å²) in [5, 5.41) is 19.9. The average molecular weight is 453 g/mol. The number of nitrogens with zero attached hydrogens (tertiary/aromatic N) is 1. The highest BCUT2D eigenvalue weighted by Crippen LogP contribution is 2.44. The summed E-state index contributed by atoms with van der Waals surface area (Å²) < 4.78 is 10.8. The molecule has 1 aliphatic rings. The molecule has 174 valence electrons. The van der Waals surface area contributed by atoms with Crippen LogP contribution in [0.4, 0.5) is 0 Å². The molecule has 2 aromatic rings. The Hall–Kier alpha value is -3.81. The molecule has 0 saturated carbocycles. The summed E-state index contributed by atoms with van der Waals surface area (Å²) in [6.45, 7) is 0.223. The van der Waals surface area contributed by atoms with E-state index < -0.39 is 23.7 Å². The fourth-order valence-corrected chi connectivity index (χ4v) is 3.97. The van der Waals surface area contributed by atoms with Crippen LogP contribution in [0.2, 0.25) is 0 Å². The zero-order valence-corrected chi connectivity index (χ0v) is 18.6. The van der Waals surface area contributed by atoms with Crippen molar-refractivity contribution in [2.75, 3.05) is 20.8 Å². The number of carboxylic acid groups (broad SMARTS) is 1. The maximum absolute atomic E-state index is 13.1. The van der Waals surface area contributed by atoms with Crippen molar-refractivity contribution in [2.24, 2.45) is 0 Å². The third-order valence-corrected chi connectivity index (χ3v) is 5.61. The number of likely N-dealkylation sites (tertiary alicyclic amines) is 1. The van der Waals surface area contributed by atoms with Gasteiger partial charge in [-0.2, -0.15) is 0 Å². The number of Topliss-reactive ketones (excluding diaryl/α,β-unsaturated/α-hetero) is 1. The van der Waals surface area contributed by atoms with Gasteiger partial charge in [-0.05, 0) is 31.0 Å². The smallest absolute Gasteiger partial charge is 0.303 e. The molecule has 8 nitrogen and oxygen atoms in total. The lowest BCUT2D eigenvalue weighted by molar-refractivity contribution is -0.140. The first-order chi connectivity index (χ1) is 15.9. The van der Waals surface area contributed by atoms with Crippen LogP contribution in [0, 0.1) is 0 Å². The minimum Gasteiger partial charge on any atom is -0.507 e. The first-order valence-electron chi connectivity index (χ1n) is 10.7. The summed E-state index contributed by atoms with van der Waals surface area (Å²) in [7, 11) is 3.00. The first kappa shape index (κ1) is 23.8. The van der Waals surface area contributed by atoms with E-state index in [0.717, 1.165) is 0 Å². The molecule has 0 spiro atoms. The second-order valence-electron chi connectivity index (χ2n) is 7.67. The Morgan fingerprint density at radius 1 is 0.970 bits per heavy atom. The van der Waals surface area contributed by atoms with E-state index in [9.17, 15) is 19.5 Å². The van der Waals surface area contributed by atoms with Crippen molar-refractivity contribution in [1.29, 1.82) is 0 Å². The SMILES string of the molecule is COc1ccc(OC)c(C2/C(=C(\O)c3ccccc3)C(=O)C(=O)N2CCCCCC(=O)O)c1. The third kappa shape index (κ3) is 5.16. The van der Waals surface area contributed by atoms with E-state index in [-0.39, 0.29) is 24.3 Å². The van der Waals surface area contributed by atoms with Gasteiger partial charge in [0.25, 0.3) is 11.7 Å². The van der Waals surface area contributed by atoms with Crippen LogP contribution in [0.3, 0.4) is 0 Å². The van der Waals surface area contributed by atoms with Gasteiger partial charge in [0.2, 0.25) is 0 Å². The van der Waals surface area contributed by atoms with Gasteiger partial charge in [0, 0.05) is 24.1 Å². The predicted octanol–water partition coefficient (Wildman–Crippen LogP) is 3.77. The second-order valence-corrected chi connectivity index (χ2v) is 7.67. The maximum Gasteiger partial charge on any atom is 0.303 e. The van der Waals surface area contributed by atoms with E-state index in [1.165, 1.54) is 19.1 Å². The van der Waals surface area contributed by atoms with Crippen molar-refractivity contribution in [2.45, 2.75) is 31.7 Å². The van der Waals surface area contributed by atoms with Crippen LogP contribution in [0.1, 0.15) is 42.9 Å². The van der Waals surface area contributed by atoms with Gasteiger partial charge in [0.05, 0.1) is 25.8 Å². The molecule has 33 heavy (non-hydrogen) atoms. The van der Waals surface area contributed by atoms with Crippen molar-refractivity contribution >= 4 is 23.4 Å². The molecule has 3 rings (SSSR count). The number of aliphatic hydroxyl groups excluding tert-OH is 1. The molecule has 0 aliphatic carbocycles. The Bertz CT molecular complexity index is 1060. The summed E-state index contributed by atoms with van der Waals surface area (Å²) in [4.78, 5) is 38.3. The first-order valence-corrected chi connectivity index (χ1v) is 10.7. The van der Waals surface area contributed by atoms with Crippen LogP contribution in [0.15, 0.2) is 54.1 Å². The van der Waals surface area contributed by atoms with Crippen LogP contribution < -0.4 is 9.47 Å². The second kappa shape index (κ2) is 10.7. The van der Waals surface area contributed by atoms with Gasteiger partial charge in [0.1, 0.15) is 17.3 Å². The molecule has 1 saturated heterocycles. The number of ketones is 1. The fraction of sp³-hybridized carbons (Fsp3) is 0.320. The van der Waals surface area contributed by atoms with E-state index in [1.807, 2.05) is 0 Å². The number of carbonyl (C=O) groups excluding carboxylic acids is 2. The van der Waals surface area contributed by atoms with Crippen molar-refractivity contribution in [3.63, 3.8) is 0 Å². The zero-order chi connectivity index (χ0) is 24.0. The topological polar surface area (TPSA) is 113 Å². The highest BCUT2D eigenvalue weighted by molar-refractivity contribution is 6.46. The standard InChI is InChI=1S/C25H27NO7/c1-32-17-12-13-19(33-2)18(15-17)22-21(23(29)16-9-5-3-6-10-16)24(30)25(31)26(22)14-8-4-7-11-20(27)28/h3,5-6,9-10,12-13,15,22,29H,4,7-8,11,14H2,1-2H3,(H,27,28)/b23-21+. The van der Waals surface area contributed by atoms with Crippen molar-refractivity contribution in [1.82, 2.24) is 4.90 Å². The molecule has 1 heterocycles. The minimum absolute atomic E-state index is 0.0247. The number of benzene rings is 2. The Balaban J connectivity index is 2.07. The Kier molecular flexibility index (Phi) is 7.71. The lowest BCUT2D eigenvalue weighted by atomic mass is 9.94. The number of rotatable bonds is 10. The van der Waals surface area contributed by atoms with Crippen LogP contribution in [0.25, 0.3) is 5.76 Å². The number of aliphatic carboxylic acids is 1. The van der Waals surface area contributed by atoms with Crippen molar-refractivity contribution in [3.8, 4) is 11.5 Å². The normalized spacial score (nSPS) is 17.3. The zero-order valence-electron chi connectivity index (χ0n) is 18.6. The number of ether oxygens (including phenoxy) is 2. The monoisotopic (exact) mass is 453 g/mol. The van der Waals surface area contributed by atoms with E-state index in [4.69, 9.17) is 14.6 Å². The summed E-state index contributed by atoms with van der Waals surface area (Å²) in [5.41, 5.74) is 0.908. The number of carbonyl (C=O) groups is 3. The molecular weight excluding hydrogens is 426 g/mol. The number of methoxy groups -OCH3 is 2.